The first-order valence-electron chi connectivity index (χ1n) is 6.48. The summed E-state index contributed by atoms with van der Waals surface area (Å²) in [5.74, 6) is -0.663. The molecule has 1 aliphatic rings. The summed E-state index contributed by atoms with van der Waals surface area (Å²) in [6.45, 7) is 3.52. The molecule has 1 aromatic rings. The summed E-state index contributed by atoms with van der Waals surface area (Å²) in [5, 5.41) is 0. The van der Waals surface area contributed by atoms with Gasteiger partial charge < -0.3 is 14.2 Å². The zero-order valence-corrected chi connectivity index (χ0v) is 12.1. The highest BCUT2D eigenvalue weighted by atomic mass is 16.5. The van der Waals surface area contributed by atoms with Gasteiger partial charge in [-0.05, 0) is 31.9 Å². The summed E-state index contributed by atoms with van der Waals surface area (Å²) < 4.78 is 15.6. The first kappa shape index (κ1) is 14.4. The van der Waals surface area contributed by atoms with E-state index in [0.717, 1.165) is 5.56 Å². The normalized spacial score (nSPS) is 17.1. The van der Waals surface area contributed by atoms with E-state index in [-0.39, 0.29) is 11.9 Å². The average molecular weight is 278 g/mol. The van der Waals surface area contributed by atoms with Crippen LogP contribution in [0, 0.1) is 5.92 Å². The predicted molar refractivity (Wildman–Crippen MR) is 72.3 cm³/mol. The lowest BCUT2D eigenvalue weighted by atomic mass is 10.1. The fraction of sp³-hybridized carbons (Fsp3) is 0.467. The van der Waals surface area contributed by atoms with Crippen molar-refractivity contribution in [3.8, 4) is 11.5 Å². The molecule has 5 nitrogen and oxygen atoms in total. The van der Waals surface area contributed by atoms with Crippen molar-refractivity contribution in [3.05, 3.63) is 23.3 Å². The van der Waals surface area contributed by atoms with Crippen molar-refractivity contribution < 1.29 is 23.8 Å². The number of carbonyl (C=O) groups excluding carboxylic acids is 2. The highest BCUT2D eigenvalue weighted by Gasteiger charge is 2.40. The molecule has 1 aromatic carbocycles. The third-order valence-corrected chi connectivity index (χ3v) is 3.26. The topological polar surface area (TPSA) is 61.8 Å². The summed E-state index contributed by atoms with van der Waals surface area (Å²) in [7, 11) is 2.99. The third kappa shape index (κ3) is 2.35. The molecule has 1 unspecified atom stereocenters. The molecule has 108 valence electrons. The molecular formula is C15H18O5. The maximum Gasteiger partial charge on any atom is 0.317 e. The van der Waals surface area contributed by atoms with Crippen molar-refractivity contribution in [1.29, 1.82) is 0 Å². The number of carbonyl (C=O) groups is 2. The van der Waals surface area contributed by atoms with Crippen LogP contribution in [0.2, 0.25) is 0 Å². The molecule has 0 fully saturated rings. The monoisotopic (exact) mass is 278 g/mol. The minimum Gasteiger partial charge on any atom is -0.493 e. The van der Waals surface area contributed by atoms with Gasteiger partial charge in [-0.25, -0.2) is 0 Å². The first-order valence-corrected chi connectivity index (χ1v) is 6.48. The van der Waals surface area contributed by atoms with Crippen LogP contribution in [0.1, 0.15) is 29.8 Å². The SMILES string of the molecule is COc1ccc2c(c1OC)C(=O)C(C(=O)OC(C)C)C2. The van der Waals surface area contributed by atoms with E-state index in [4.69, 9.17) is 14.2 Å². The molecule has 2 rings (SSSR count). The minimum absolute atomic E-state index is 0.240. The Hall–Kier alpha value is -2.04. The summed E-state index contributed by atoms with van der Waals surface area (Å²) in [5.41, 5.74) is 1.22. The largest absolute Gasteiger partial charge is 0.493 e. The molecule has 5 heteroatoms. The summed E-state index contributed by atoms with van der Waals surface area (Å²) >= 11 is 0. The van der Waals surface area contributed by atoms with Crippen LogP contribution in [0.25, 0.3) is 0 Å². The van der Waals surface area contributed by atoms with E-state index in [1.54, 1.807) is 26.0 Å². The van der Waals surface area contributed by atoms with Crippen molar-refractivity contribution in [1.82, 2.24) is 0 Å². The summed E-state index contributed by atoms with van der Waals surface area (Å²) in [6, 6.07) is 3.53. The Kier molecular flexibility index (Phi) is 3.97. The van der Waals surface area contributed by atoms with Gasteiger partial charge in [0, 0.05) is 0 Å². The summed E-state index contributed by atoms with van der Waals surface area (Å²) in [4.78, 5) is 24.4. The molecule has 20 heavy (non-hydrogen) atoms. The zero-order chi connectivity index (χ0) is 14.9. The number of rotatable bonds is 4. The van der Waals surface area contributed by atoms with E-state index >= 15 is 0 Å². The second-order valence-corrected chi connectivity index (χ2v) is 4.94. The van der Waals surface area contributed by atoms with Crippen LogP contribution in [0.4, 0.5) is 0 Å². The van der Waals surface area contributed by atoms with Gasteiger partial charge in [0.15, 0.2) is 17.3 Å². The average Bonchev–Trinajstić information content (AvgIpc) is 2.74. The van der Waals surface area contributed by atoms with Gasteiger partial charge >= 0.3 is 5.97 Å². The molecule has 0 saturated heterocycles. The Balaban J connectivity index is 2.36. The summed E-state index contributed by atoms with van der Waals surface area (Å²) in [6.07, 6.45) is 0.107. The van der Waals surface area contributed by atoms with Gasteiger partial charge in [0.25, 0.3) is 0 Å². The first-order chi connectivity index (χ1) is 9.49. The van der Waals surface area contributed by atoms with Gasteiger partial charge in [0.2, 0.25) is 0 Å². The Morgan fingerprint density at radius 1 is 1.25 bits per heavy atom. The van der Waals surface area contributed by atoms with Crippen LogP contribution >= 0.6 is 0 Å². The number of Topliss-reactive ketones (excluding diaryl/α,β-unsaturated/α-hetero) is 1. The zero-order valence-electron chi connectivity index (χ0n) is 12.1. The molecule has 0 amide bonds. The molecular weight excluding hydrogens is 260 g/mol. The van der Waals surface area contributed by atoms with Gasteiger partial charge in [-0.3, -0.25) is 9.59 Å². The fourth-order valence-electron chi connectivity index (χ4n) is 2.40. The molecule has 1 aliphatic carbocycles. The van der Waals surface area contributed by atoms with Crippen LogP contribution in [-0.2, 0) is 16.0 Å². The Bertz CT molecular complexity index is 547. The lowest BCUT2D eigenvalue weighted by Crippen LogP contribution is -2.25. The highest BCUT2D eigenvalue weighted by molar-refractivity contribution is 6.14. The Morgan fingerprint density at radius 3 is 2.50 bits per heavy atom. The Labute approximate surface area is 117 Å². The molecule has 0 aliphatic heterocycles. The number of benzene rings is 1. The van der Waals surface area contributed by atoms with E-state index < -0.39 is 11.9 Å². The molecule has 1 atom stereocenters. The molecule has 0 radical (unpaired) electrons. The molecule has 0 aromatic heterocycles. The number of ketones is 1. The Morgan fingerprint density at radius 2 is 1.95 bits per heavy atom. The fourth-order valence-corrected chi connectivity index (χ4v) is 2.40. The maximum atomic E-state index is 12.4. The van der Waals surface area contributed by atoms with Crippen LogP contribution in [0.15, 0.2) is 12.1 Å². The standard InChI is InChI=1S/C15H18O5/c1-8(2)20-15(17)10-7-9-5-6-11(18-3)14(19-4)12(9)13(10)16/h5-6,8,10H,7H2,1-4H3. The van der Waals surface area contributed by atoms with Crippen LogP contribution in [0.5, 0.6) is 11.5 Å². The van der Waals surface area contributed by atoms with Crippen molar-refractivity contribution in [2.75, 3.05) is 14.2 Å². The lowest BCUT2D eigenvalue weighted by Gasteiger charge is -2.12. The predicted octanol–water partition coefficient (Wildman–Crippen LogP) is 2.01. The maximum absolute atomic E-state index is 12.4. The van der Waals surface area contributed by atoms with Crippen molar-refractivity contribution in [2.24, 2.45) is 5.92 Å². The van der Waals surface area contributed by atoms with Crippen LogP contribution in [0.3, 0.4) is 0 Å². The smallest absolute Gasteiger partial charge is 0.317 e. The van der Waals surface area contributed by atoms with E-state index in [9.17, 15) is 9.59 Å². The molecule has 0 heterocycles. The lowest BCUT2D eigenvalue weighted by molar-refractivity contribution is -0.150. The van der Waals surface area contributed by atoms with Gasteiger partial charge in [0.05, 0.1) is 25.9 Å². The van der Waals surface area contributed by atoms with E-state index in [2.05, 4.69) is 0 Å². The number of methoxy groups -OCH3 is 2. The number of ether oxygens (including phenoxy) is 3. The molecule has 0 spiro atoms. The molecule has 0 N–H and O–H groups in total. The van der Waals surface area contributed by atoms with E-state index in [1.807, 2.05) is 0 Å². The van der Waals surface area contributed by atoms with E-state index in [1.165, 1.54) is 14.2 Å². The number of hydrogen-bond donors (Lipinski definition) is 0. The minimum atomic E-state index is -0.784. The highest BCUT2D eigenvalue weighted by Crippen LogP contribution is 2.40. The van der Waals surface area contributed by atoms with Gasteiger partial charge in [-0.2, -0.15) is 0 Å². The number of esters is 1. The van der Waals surface area contributed by atoms with Crippen molar-refractivity contribution in [2.45, 2.75) is 26.4 Å². The molecule has 0 saturated carbocycles. The van der Waals surface area contributed by atoms with Crippen molar-refractivity contribution in [3.63, 3.8) is 0 Å². The van der Waals surface area contributed by atoms with Crippen LogP contribution < -0.4 is 9.47 Å². The second-order valence-electron chi connectivity index (χ2n) is 4.94. The number of hydrogen-bond acceptors (Lipinski definition) is 5. The quantitative estimate of drug-likeness (QED) is 0.623. The van der Waals surface area contributed by atoms with E-state index in [0.29, 0.717) is 23.5 Å². The number of fused-ring (bicyclic) bond motifs is 1. The second kappa shape index (κ2) is 5.53. The van der Waals surface area contributed by atoms with Gasteiger partial charge in [0.1, 0.15) is 5.92 Å². The van der Waals surface area contributed by atoms with Gasteiger partial charge in [-0.15, -0.1) is 0 Å². The van der Waals surface area contributed by atoms with Crippen LogP contribution in [-0.4, -0.2) is 32.1 Å². The third-order valence-electron chi connectivity index (χ3n) is 3.26. The molecule has 0 bridgehead atoms. The van der Waals surface area contributed by atoms with Gasteiger partial charge in [-0.1, -0.05) is 6.07 Å². The van der Waals surface area contributed by atoms with Crippen molar-refractivity contribution >= 4 is 11.8 Å².